The smallest absolute Gasteiger partial charge is 0.162 e. The maximum atomic E-state index is 11.4. The number of nitriles is 1. The molecule has 0 amide bonds. The summed E-state index contributed by atoms with van der Waals surface area (Å²) >= 11 is 0. The second kappa shape index (κ2) is 4.00. The summed E-state index contributed by atoms with van der Waals surface area (Å²) in [5.74, 6) is -0.266. The fraction of sp³-hybridized carbons (Fsp3) is 0.500. The Hall–Kier alpha value is -1.40. The summed E-state index contributed by atoms with van der Waals surface area (Å²) in [7, 11) is 0. The zero-order valence-corrected chi connectivity index (χ0v) is 9.03. The zero-order chi connectivity index (χ0) is 11.6. The number of nitrogens with zero attached hydrogens (tertiary/aromatic N) is 1. The topological polar surface area (TPSA) is 61.1 Å². The van der Waals surface area contributed by atoms with Crippen LogP contribution in [-0.4, -0.2) is 17.5 Å². The van der Waals surface area contributed by atoms with Crippen molar-refractivity contribution in [3.05, 3.63) is 24.3 Å². The average molecular weight is 205 g/mol. The van der Waals surface area contributed by atoms with Gasteiger partial charge in [0, 0.05) is 11.5 Å². The lowest BCUT2D eigenvalue weighted by molar-refractivity contribution is -0.123. The van der Waals surface area contributed by atoms with Crippen molar-refractivity contribution >= 4 is 5.78 Å². The van der Waals surface area contributed by atoms with Gasteiger partial charge in [0.15, 0.2) is 5.78 Å². The van der Waals surface area contributed by atoms with Gasteiger partial charge in [0.2, 0.25) is 0 Å². The maximum Gasteiger partial charge on any atom is 0.162 e. The molecule has 0 aromatic heterocycles. The predicted octanol–water partition coefficient (Wildman–Crippen LogP) is 1.46. The Morgan fingerprint density at radius 3 is 2.67 bits per heavy atom. The number of carbonyl (C=O) groups is 1. The lowest BCUT2D eigenvalue weighted by Gasteiger charge is -1.98. The minimum Gasteiger partial charge on any atom is -0.389 e. The zero-order valence-electron chi connectivity index (χ0n) is 9.03. The number of ketones is 1. The van der Waals surface area contributed by atoms with Crippen LogP contribution in [0.3, 0.4) is 0 Å². The van der Waals surface area contributed by atoms with Crippen LogP contribution >= 0.6 is 0 Å². The molecule has 0 unspecified atom stereocenters. The number of aliphatic hydroxyl groups is 1. The van der Waals surface area contributed by atoms with Gasteiger partial charge in [-0.25, -0.2) is 0 Å². The van der Waals surface area contributed by atoms with Crippen molar-refractivity contribution in [2.24, 2.45) is 17.3 Å². The Balaban J connectivity index is 2.84. The van der Waals surface area contributed by atoms with E-state index in [2.05, 4.69) is 6.58 Å². The van der Waals surface area contributed by atoms with E-state index in [1.807, 2.05) is 19.9 Å². The molecule has 80 valence electrons. The number of hydrogen-bond donors (Lipinski definition) is 1. The molecular weight excluding hydrogens is 190 g/mol. The largest absolute Gasteiger partial charge is 0.389 e. The van der Waals surface area contributed by atoms with Crippen LogP contribution in [0.4, 0.5) is 0 Å². The van der Waals surface area contributed by atoms with E-state index in [1.54, 1.807) is 6.08 Å². The first kappa shape index (κ1) is 11.7. The quantitative estimate of drug-likeness (QED) is 0.558. The monoisotopic (exact) mass is 205 g/mol. The molecule has 1 aliphatic rings. The van der Waals surface area contributed by atoms with Crippen LogP contribution in [0.25, 0.3) is 0 Å². The highest BCUT2D eigenvalue weighted by atomic mass is 16.3. The summed E-state index contributed by atoms with van der Waals surface area (Å²) in [6, 6.07) is 2.01. The molecule has 1 aliphatic carbocycles. The van der Waals surface area contributed by atoms with Gasteiger partial charge in [-0.15, -0.1) is 0 Å². The summed E-state index contributed by atoms with van der Waals surface area (Å²) in [5.41, 5.74) is 0.339. The molecule has 0 heterocycles. The van der Waals surface area contributed by atoms with E-state index in [9.17, 15) is 4.79 Å². The fourth-order valence-corrected chi connectivity index (χ4v) is 2.05. The third kappa shape index (κ3) is 2.00. The van der Waals surface area contributed by atoms with E-state index in [0.29, 0.717) is 5.57 Å². The first-order valence-electron chi connectivity index (χ1n) is 4.87. The summed E-state index contributed by atoms with van der Waals surface area (Å²) in [6.07, 6.45) is 3.25. The summed E-state index contributed by atoms with van der Waals surface area (Å²) in [6.45, 7) is 7.03. The van der Waals surface area contributed by atoms with Crippen LogP contribution in [0.5, 0.6) is 0 Å². The van der Waals surface area contributed by atoms with E-state index in [1.165, 1.54) is 6.08 Å². The van der Waals surface area contributed by atoms with Crippen LogP contribution in [0.1, 0.15) is 13.8 Å². The van der Waals surface area contributed by atoms with Crippen LogP contribution in [0.2, 0.25) is 0 Å². The van der Waals surface area contributed by atoms with Gasteiger partial charge in [0.1, 0.15) is 6.61 Å². The molecule has 0 spiro atoms. The summed E-state index contributed by atoms with van der Waals surface area (Å²) < 4.78 is 0. The van der Waals surface area contributed by atoms with Crippen molar-refractivity contribution in [3.63, 3.8) is 0 Å². The highest BCUT2D eigenvalue weighted by Gasteiger charge is 2.59. The second-order valence-electron chi connectivity index (χ2n) is 4.39. The van der Waals surface area contributed by atoms with Gasteiger partial charge in [-0.3, -0.25) is 4.79 Å². The van der Waals surface area contributed by atoms with Crippen molar-refractivity contribution in [2.45, 2.75) is 13.8 Å². The molecule has 0 saturated heterocycles. The number of allylic oxidation sites excluding steroid dienone is 3. The summed E-state index contributed by atoms with van der Waals surface area (Å²) in [4.78, 5) is 11.4. The van der Waals surface area contributed by atoms with Crippen molar-refractivity contribution in [3.8, 4) is 6.07 Å². The molecule has 0 radical (unpaired) electrons. The molecule has 1 saturated carbocycles. The molecule has 15 heavy (non-hydrogen) atoms. The first-order valence-corrected chi connectivity index (χ1v) is 4.87. The highest BCUT2D eigenvalue weighted by Crippen LogP contribution is 2.59. The minimum absolute atomic E-state index is 0.0461. The van der Waals surface area contributed by atoms with Gasteiger partial charge < -0.3 is 5.11 Å². The Morgan fingerprint density at radius 1 is 1.67 bits per heavy atom. The van der Waals surface area contributed by atoms with Gasteiger partial charge in [-0.1, -0.05) is 32.6 Å². The first-order chi connectivity index (χ1) is 6.98. The molecule has 1 rings (SSSR count). The maximum absolute atomic E-state index is 11.4. The number of aliphatic hydroxyl groups excluding tert-OH is 1. The fourth-order valence-electron chi connectivity index (χ4n) is 2.05. The number of rotatable bonds is 4. The van der Waals surface area contributed by atoms with Crippen molar-refractivity contribution in [1.82, 2.24) is 0 Å². The predicted molar refractivity (Wildman–Crippen MR) is 56.7 cm³/mol. The molecule has 1 fully saturated rings. The van der Waals surface area contributed by atoms with E-state index >= 15 is 0 Å². The van der Waals surface area contributed by atoms with E-state index in [4.69, 9.17) is 10.4 Å². The van der Waals surface area contributed by atoms with Crippen molar-refractivity contribution in [1.29, 1.82) is 5.26 Å². The molecule has 2 atom stereocenters. The summed E-state index contributed by atoms with van der Waals surface area (Å²) in [5, 5.41) is 17.5. The van der Waals surface area contributed by atoms with Gasteiger partial charge in [0.25, 0.3) is 0 Å². The number of hydrogen-bond acceptors (Lipinski definition) is 3. The molecule has 1 N–H and O–H groups in total. The number of Topliss-reactive ketones (excluding diaryl/α,β-unsaturated/α-hetero) is 1. The Kier molecular flexibility index (Phi) is 3.11. The molecule has 3 nitrogen and oxygen atoms in total. The molecule has 0 aliphatic heterocycles. The van der Waals surface area contributed by atoms with Crippen molar-refractivity contribution in [2.75, 3.05) is 6.61 Å². The van der Waals surface area contributed by atoms with Crippen LogP contribution in [0, 0.1) is 28.6 Å². The lowest BCUT2D eigenvalue weighted by Crippen LogP contribution is -2.10. The van der Waals surface area contributed by atoms with Crippen LogP contribution in [-0.2, 0) is 4.79 Å². The normalized spacial score (nSPS) is 28.0. The van der Waals surface area contributed by atoms with Gasteiger partial charge in [-0.05, 0) is 11.3 Å². The standard InChI is InChI=1S/C12H15NO2/c1-4-8(6-13)5-9-11(10(15)7-14)12(9,2)3/h4-5,9,11,14H,1,7H2,2-3H3/b8-5-/t9-,11+/m1/s1. The third-order valence-electron chi connectivity index (χ3n) is 3.12. The van der Waals surface area contributed by atoms with Crippen molar-refractivity contribution < 1.29 is 9.90 Å². The SMILES string of the molecule is C=C/C(C#N)=C/[C@@H]1[C@@H](C(=O)CO)C1(C)C. The minimum atomic E-state index is -0.422. The van der Waals surface area contributed by atoms with E-state index < -0.39 is 6.61 Å². The molecule has 0 aromatic rings. The van der Waals surface area contributed by atoms with E-state index in [-0.39, 0.29) is 23.0 Å². The number of carbonyl (C=O) groups excluding carboxylic acids is 1. The van der Waals surface area contributed by atoms with Crippen LogP contribution < -0.4 is 0 Å². The second-order valence-corrected chi connectivity index (χ2v) is 4.39. The average Bonchev–Trinajstić information content (AvgIpc) is 2.75. The highest BCUT2D eigenvalue weighted by molar-refractivity contribution is 5.86. The lowest BCUT2D eigenvalue weighted by atomic mass is 10.1. The molecule has 3 heteroatoms. The van der Waals surface area contributed by atoms with Gasteiger partial charge in [-0.2, -0.15) is 5.26 Å². The Labute approximate surface area is 89.7 Å². The molecule has 0 aromatic carbocycles. The molecule has 0 bridgehead atoms. The van der Waals surface area contributed by atoms with Crippen LogP contribution in [0.15, 0.2) is 24.3 Å². The van der Waals surface area contributed by atoms with Gasteiger partial charge in [0.05, 0.1) is 6.07 Å². The third-order valence-corrected chi connectivity index (χ3v) is 3.12. The Morgan fingerprint density at radius 2 is 2.27 bits per heavy atom. The van der Waals surface area contributed by atoms with Gasteiger partial charge >= 0.3 is 0 Å². The van der Waals surface area contributed by atoms with E-state index in [0.717, 1.165) is 0 Å². The Bertz CT molecular complexity index is 360. The molecular formula is C12H15NO2.